The number of esters is 2. The van der Waals surface area contributed by atoms with E-state index in [2.05, 4.69) is 135 Å². The highest BCUT2D eigenvalue weighted by Gasteiger charge is 2.62. The van der Waals surface area contributed by atoms with Crippen LogP contribution < -0.4 is 22.9 Å². The van der Waals surface area contributed by atoms with Crippen LogP contribution in [-0.4, -0.2) is 307 Å². The van der Waals surface area contributed by atoms with E-state index < -0.39 is 48.1 Å². The zero-order valence-electron chi connectivity index (χ0n) is 77.9. The van der Waals surface area contributed by atoms with Crippen LogP contribution in [0.4, 0.5) is 23.3 Å². The second-order valence-corrected chi connectivity index (χ2v) is 39.4. The summed E-state index contributed by atoms with van der Waals surface area (Å²) in [5.74, 6) is -1.27. The van der Waals surface area contributed by atoms with Crippen molar-refractivity contribution in [1.82, 2.24) is 97.7 Å². The lowest BCUT2D eigenvalue weighted by Gasteiger charge is -2.45. The normalized spacial score (nSPS) is 33.2. The molecule has 0 unspecified atom stereocenters. The number of nitrogen functional groups attached to an aromatic ring is 4. The second-order valence-electron chi connectivity index (χ2n) is 39.4. The van der Waals surface area contributed by atoms with Gasteiger partial charge in [-0.2, -0.15) is 0 Å². The Hall–Kier alpha value is -9.22. The number of methoxy groups -OCH3 is 1. The molecule has 0 bridgehead atoms. The topological polar surface area (TPSA) is 489 Å². The fourth-order valence-electron chi connectivity index (χ4n) is 21.0. The Morgan fingerprint density at radius 1 is 0.397 bits per heavy atom. The Morgan fingerprint density at radius 2 is 0.649 bits per heavy atom. The average molecular weight is 1820 g/mol. The van der Waals surface area contributed by atoms with Crippen molar-refractivity contribution in [2.24, 2.45) is 23.7 Å². The van der Waals surface area contributed by atoms with Gasteiger partial charge in [-0.05, 0) is 175 Å². The van der Waals surface area contributed by atoms with Crippen molar-refractivity contribution in [3.8, 4) is 0 Å². The molecule has 8 aliphatic heterocycles. The lowest BCUT2D eigenvalue weighted by Crippen LogP contribution is -2.53. The molecular formula is C89H128N24O18. The predicted octanol–water partition coefficient (Wildman–Crippen LogP) is 6.95. The molecule has 0 radical (unpaired) electrons. The Morgan fingerprint density at radius 3 is 0.893 bits per heavy atom. The number of carbonyl (C=O) groups excluding carboxylic acids is 4. The van der Waals surface area contributed by atoms with Crippen LogP contribution in [0.3, 0.4) is 0 Å². The van der Waals surface area contributed by atoms with E-state index in [0.717, 1.165) is 63.9 Å². The highest BCUT2D eigenvalue weighted by atomic mass is 16.8. The number of nitrogens with zero attached hydrogens (tertiary/aromatic N) is 20. The summed E-state index contributed by atoms with van der Waals surface area (Å²) in [6.07, 6.45) is 20.5. The average Bonchev–Trinajstić information content (AvgIpc) is 1.59. The first-order valence-corrected chi connectivity index (χ1v) is 46.0. The standard InChI is InChI=1S/C25H36N6O5.C22H32N6O5.2C21H30N6O4/c1-6-33-18(32)8-7-15-9-16(10-15)30(14(2)3)11-17-20-21(36-25(4,5)35-20)24(34-17)31-13-29-19-22(26)27-12-28-23(19)31;1-11(2)27(13-6-12(7-13)21(29)30-5)8-14-16-17(33-22(3,4)32-16)20(31-14)28-10-26-15-18(23)24-9-25-19(15)28;2*1-11(2)26(13-5-12(6-13)8-28)7-14-16-17(31-21(3,4)30-16)20(29-14)27-10-25-15-18(22)23-9-24-19(15)27/h7-8,12-17,20-21,24H,6,9-11H2,1-5H3,(H2,26,27,28);9-14,16-17,20H,6-8H2,1-5H3,(H2,23,24,25);2*8-14,16-17,20H,5-7H2,1-4H3,(H2,22,23,24)/b8-7+;;;/t15?,16?,17-,20-,21-,24-;3*12?,13?,14-,16-,17-,20-/m1111/s1. The highest BCUT2D eigenvalue weighted by Crippen LogP contribution is 2.51. The van der Waals surface area contributed by atoms with Crippen LogP contribution in [0, 0.1) is 23.7 Å². The SMILES string of the molecule is CC(C)N(C[C@H]1O[C@@H](n2cnc3c(N)ncnc32)[C@@H]2OC(C)(C)O[C@@H]21)C1CC(C=O)C1.CC(C)N(C[C@H]1O[C@@H](n2cnc3c(N)ncnc32)[C@@H]2OC(C)(C)O[C@@H]21)C1CC(C=O)C1.CCOC(=O)/C=C/C1CC(N(C[C@H]2O[C@@H](n3cnc4c(N)ncnc43)[C@@H]3OC(C)(C)O[C@@H]32)C(C)C)C1.COC(=O)C1CC(N(C[C@H]2O[C@@H](n3cnc4c(N)ncnc43)[C@@H]3OC(C)(C)O[C@@H]32)C(C)C)C1. The Balaban J connectivity index is 0.000000122. The maximum Gasteiger partial charge on any atom is 0.330 e. The number of ether oxygens (including phenoxy) is 14. The number of carbonyl (C=O) groups is 4. The smallest absolute Gasteiger partial charge is 0.330 e. The summed E-state index contributed by atoms with van der Waals surface area (Å²) >= 11 is 0. The van der Waals surface area contributed by atoms with Crippen LogP contribution in [0.15, 0.2) is 62.8 Å². The van der Waals surface area contributed by atoms with Gasteiger partial charge in [0, 0.05) is 92.4 Å². The van der Waals surface area contributed by atoms with Gasteiger partial charge in [0.2, 0.25) is 0 Å². The fourth-order valence-corrected chi connectivity index (χ4v) is 21.0. The van der Waals surface area contributed by atoms with Gasteiger partial charge >= 0.3 is 11.9 Å². The predicted molar refractivity (Wildman–Crippen MR) is 473 cm³/mol. The number of hydrogen-bond donors (Lipinski definition) is 4. The summed E-state index contributed by atoms with van der Waals surface area (Å²) in [6, 6.07) is 2.73. The third-order valence-electron chi connectivity index (χ3n) is 27.5. The summed E-state index contributed by atoms with van der Waals surface area (Å²) in [7, 11) is 1.44. The van der Waals surface area contributed by atoms with E-state index in [4.69, 9.17) is 89.3 Å². The maximum absolute atomic E-state index is 11.9. The molecule has 16 heterocycles. The van der Waals surface area contributed by atoms with Crippen LogP contribution >= 0.6 is 0 Å². The molecule has 4 aliphatic carbocycles. The summed E-state index contributed by atoms with van der Waals surface area (Å²) in [5, 5.41) is 0. The van der Waals surface area contributed by atoms with Gasteiger partial charge in [-0.25, -0.2) is 64.6 Å². The van der Waals surface area contributed by atoms with E-state index in [9.17, 15) is 19.2 Å². The van der Waals surface area contributed by atoms with Gasteiger partial charge in [0.25, 0.3) is 0 Å². The molecule has 12 fully saturated rings. The first-order valence-electron chi connectivity index (χ1n) is 46.0. The van der Waals surface area contributed by atoms with Crippen LogP contribution in [0.2, 0.25) is 0 Å². The van der Waals surface area contributed by atoms with Crippen molar-refractivity contribution >= 4 is 92.4 Å². The van der Waals surface area contributed by atoms with Crippen molar-refractivity contribution in [2.75, 3.05) is 62.8 Å². The molecule has 12 aliphatic rings. The van der Waals surface area contributed by atoms with E-state index in [0.29, 0.717) is 149 Å². The molecule has 8 aromatic rings. The molecule has 131 heavy (non-hydrogen) atoms. The minimum Gasteiger partial charge on any atom is -0.469 e. The molecule has 8 N–H and O–H groups in total. The van der Waals surface area contributed by atoms with E-state index in [1.54, 1.807) is 31.4 Å². The number of rotatable bonds is 26. The first-order chi connectivity index (χ1) is 62.4. The molecule has 8 aromatic heterocycles. The minimum atomic E-state index is -0.727. The number of imidazole rings is 4. The van der Waals surface area contributed by atoms with Crippen molar-refractivity contribution in [3.05, 3.63) is 62.8 Å². The van der Waals surface area contributed by atoms with Gasteiger partial charge in [-0.15, -0.1) is 0 Å². The van der Waals surface area contributed by atoms with E-state index in [1.165, 1.54) is 32.4 Å². The largest absolute Gasteiger partial charge is 0.469 e. The van der Waals surface area contributed by atoms with Gasteiger partial charge in [-0.1, -0.05) is 6.08 Å². The molecule has 20 rings (SSSR count). The second kappa shape index (κ2) is 37.2. The van der Waals surface area contributed by atoms with Crippen LogP contribution in [0.5, 0.6) is 0 Å². The summed E-state index contributed by atoms with van der Waals surface area (Å²) in [6.45, 7) is 37.8. The molecule has 8 saturated heterocycles. The lowest BCUT2D eigenvalue weighted by atomic mass is 9.78. The van der Waals surface area contributed by atoms with Gasteiger partial charge in [0.1, 0.15) is 133 Å². The molecule has 0 amide bonds. The van der Waals surface area contributed by atoms with Crippen LogP contribution in [0.25, 0.3) is 44.7 Å². The van der Waals surface area contributed by atoms with Crippen LogP contribution in [-0.2, 0) is 85.5 Å². The zero-order valence-corrected chi connectivity index (χ0v) is 77.9. The monoisotopic (exact) mass is 1820 g/mol. The Kier molecular flexibility index (Phi) is 26.6. The van der Waals surface area contributed by atoms with Gasteiger partial charge in [0.05, 0.1) is 44.9 Å². The molecule has 4 saturated carbocycles. The van der Waals surface area contributed by atoms with Crippen molar-refractivity contribution in [3.63, 3.8) is 0 Å². The molecule has 712 valence electrons. The molecule has 0 aromatic carbocycles. The number of aromatic nitrogens is 16. The lowest BCUT2D eigenvalue weighted by molar-refractivity contribution is -0.200. The molecule has 0 spiro atoms. The van der Waals surface area contributed by atoms with E-state index >= 15 is 0 Å². The van der Waals surface area contributed by atoms with E-state index in [-0.39, 0.29) is 109 Å². The van der Waals surface area contributed by atoms with E-state index in [1.807, 2.05) is 86.7 Å². The third-order valence-corrected chi connectivity index (χ3v) is 27.5. The third kappa shape index (κ3) is 18.8. The summed E-state index contributed by atoms with van der Waals surface area (Å²) < 4.78 is 93.9. The summed E-state index contributed by atoms with van der Waals surface area (Å²) in [5.41, 5.74) is 28.5. The first kappa shape index (κ1) is 93.6. The zero-order chi connectivity index (χ0) is 92.9. The molecular weight excluding hydrogens is 1690 g/mol. The van der Waals surface area contributed by atoms with Gasteiger partial charge in [-0.3, -0.25) is 42.7 Å². The highest BCUT2D eigenvalue weighted by molar-refractivity contribution is 5.84. The van der Waals surface area contributed by atoms with Crippen molar-refractivity contribution in [2.45, 2.75) is 339 Å². The summed E-state index contributed by atoms with van der Waals surface area (Å²) in [4.78, 5) is 107. The number of anilines is 4. The molecule has 42 nitrogen and oxygen atoms in total. The van der Waals surface area contributed by atoms with Crippen molar-refractivity contribution in [1.29, 1.82) is 0 Å². The number of aldehydes is 2. The Bertz CT molecular complexity index is 5250. The van der Waals surface area contributed by atoms with Crippen molar-refractivity contribution < 1.29 is 85.5 Å². The molecule has 16 atom stereocenters. The quantitative estimate of drug-likeness (QED) is 0.0242. The number of hydrogen-bond acceptors (Lipinski definition) is 38. The number of fused-ring (bicyclic) bond motifs is 8. The number of nitrogens with two attached hydrogens (primary N) is 4. The van der Waals surface area contributed by atoms with Gasteiger partial charge < -0.3 is 98.8 Å². The van der Waals surface area contributed by atoms with Gasteiger partial charge in [0.15, 0.2) is 93.9 Å². The minimum absolute atomic E-state index is 0.0290. The maximum atomic E-state index is 11.9. The molecule has 42 heteroatoms. The number of allylic oxidation sites excluding steroid dienone is 1. The fraction of sp³-hybridized carbons (Fsp3) is 0.708. The van der Waals surface area contributed by atoms with Crippen LogP contribution in [0.1, 0.15) is 194 Å². The Labute approximate surface area is 760 Å².